The number of aromatic nitrogens is 7. The summed E-state index contributed by atoms with van der Waals surface area (Å²) in [5.74, 6) is 1.40. The second-order valence-electron chi connectivity index (χ2n) is 4.85. The van der Waals surface area contributed by atoms with Crippen molar-refractivity contribution in [3.8, 4) is 0 Å². The lowest BCUT2D eigenvalue weighted by Crippen LogP contribution is -1.98. The summed E-state index contributed by atoms with van der Waals surface area (Å²) in [4.78, 5) is 13.1. The van der Waals surface area contributed by atoms with E-state index in [1.54, 1.807) is 15.4 Å². The minimum atomic E-state index is 0.562. The third-order valence-electron chi connectivity index (χ3n) is 3.16. The van der Waals surface area contributed by atoms with Crippen LogP contribution in [0.2, 0.25) is 0 Å². The Labute approximate surface area is 129 Å². The fourth-order valence-corrected chi connectivity index (χ4v) is 2.53. The first kappa shape index (κ1) is 13.9. The number of hydrogen-bond acceptors (Lipinski definition) is 5. The highest BCUT2D eigenvalue weighted by Crippen LogP contribution is 2.17. The zero-order valence-electron chi connectivity index (χ0n) is 12.2. The summed E-state index contributed by atoms with van der Waals surface area (Å²) in [6, 6.07) is 0. The molecule has 0 unspecified atom stereocenters. The van der Waals surface area contributed by atoms with Crippen LogP contribution in [-0.4, -0.2) is 34.3 Å². The van der Waals surface area contributed by atoms with Crippen LogP contribution in [0.5, 0.6) is 0 Å². The summed E-state index contributed by atoms with van der Waals surface area (Å²) in [5, 5.41) is 8.67. The summed E-state index contributed by atoms with van der Waals surface area (Å²) in [7, 11) is 1.85. The van der Waals surface area contributed by atoms with E-state index in [-0.39, 0.29) is 0 Å². The Hall–Kier alpha value is -2.09. The Balaban J connectivity index is 2.09. The van der Waals surface area contributed by atoms with Gasteiger partial charge in [-0.3, -0.25) is 4.98 Å². The molecule has 0 spiro atoms. The summed E-state index contributed by atoms with van der Waals surface area (Å²) in [6.07, 6.45) is 3.68. The van der Waals surface area contributed by atoms with Crippen molar-refractivity contribution in [1.82, 2.24) is 34.3 Å². The maximum atomic E-state index is 4.52. The number of allylic oxidation sites excluding steroid dienone is 1. The van der Waals surface area contributed by atoms with E-state index in [0.29, 0.717) is 10.6 Å². The van der Waals surface area contributed by atoms with Crippen molar-refractivity contribution in [3.63, 3.8) is 0 Å². The maximum Gasteiger partial charge on any atom is 0.217 e. The highest BCUT2D eigenvalue weighted by molar-refractivity contribution is 9.10. The standard InChI is InChI=1S/C13H14BrN7/c1-7(11-17-13(14)19-20(11)4)5-10-16-12-9(3)15-6-8(2)21(12)18-10/h5-6H,1-4H3/b7-5+. The van der Waals surface area contributed by atoms with E-state index in [2.05, 4.69) is 41.1 Å². The van der Waals surface area contributed by atoms with Gasteiger partial charge in [-0.1, -0.05) is 0 Å². The minimum Gasteiger partial charge on any atom is -0.256 e. The minimum absolute atomic E-state index is 0.562. The van der Waals surface area contributed by atoms with Crippen LogP contribution in [0.1, 0.15) is 30.0 Å². The lowest BCUT2D eigenvalue weighted by molar-refractivity contribution is 0.747. The molecule has 0 N–H and O–H groups in total. The molecule has 7 nitrogen and oxygen atoms in total. The van der Waals surface area contributed by atoms with E-state index < -0.39 is 0 Å². The average Bonchev–Trinajstić information content (AvgIpc) is 2.98. The fraction of sp³-hybridized carbons (Fsp3) is 0.308. The van der Waals surface area contributed by atoms with Gasteiger partial charge in [-0.05, 0) is 48.4 Å². The lowest BCUT2D eigenvalue weighted by Gasteiger charge is -1.98. The topological polar surface area (TPSA) is 73.8 Å². The van der Waals surface area contributed by atoms with Crippen LogP contribution in [0.15, 0.2) is 10.9 Å². The molecule has 0 amide bonds. The van der Waals surface area contributed by atoms with Crippen LogP contribution in [-0.2, 0) is 7.05 Å². The number of hydrogen-bond donors (Lipinski definition) is 0. The van der Waals surface area contributed by atoms with Crippen LogP contribution in [0, 0.1) is 13.8 Å². The zero-order valence-corrected chi connectivity index (χ0v) is 13.7. The number of aryl methyl sites for hydroxylation is 3. The van der Waals surface area contributed by atoms with E-state index in [4.69, 9.17) is 0 Å². The summed E-state index contributed by atoms with van der Waals surface area (Å²) in [5.41, 5.74) is 3.51. The van der Waals surface area contributed by atoms with E-state index in [1.807, 2.05) is 33.9 Å². The van der Waals surface area contributed by atoms with Gasteiger partial charge in [0.1, 0.15) is 0 Å². The van der Waals surface area contributed by atoms with Gasteiger partial charge in [-0.2, -0.15) is 0 Å². The molecule has 0 saturated carbocycles. The van der Waals surface area contributed by atoms with E-state index >= 15 is 0 Å². The van der Waals surface area contributed by atoms with E-state index in [9.17, 15) is 0 Å². The van der Waals surface area contributed by atoms with Gasteiger partial charge in [0.2, 0.25) is 4.73 Å². The molecule has 0 aliphatic heterocycles. The largest absolute Gasteiger partial charge is 0.256 e. The van der Waals surface area contributed by atoms with Crippen LogP contribution in [0.3, 0.4) is 0 Å². The van der Waals surface area contributed by atoms with Crippen molar-refractivity contribution in [3.05, 3.63) is 34.0 Å². The van der Waals surface area contributed by atoms with Crippen LogP contribution in [0.4, 0.5) is 0 Å². The van der Waals surface area contributed by atoms with Crippen molar-refractivity contribution in [2.24, 2.45) is 7.05 Å². The van der Waals surface area contributed by atoms with E-state index in [1.165, 1.54) is 0 Å². The van der Waals surface area contributed by atoms with Gasteiger partial charge in [0.05, 0.1) is 11.4 Å². The predicted molar refractivity (Wildman–Crippen MR) is 82.5 cm³/mol. The molecule has 108 valence electrons. The average molecular weight is 348 g/mol. The van der Waals surface area contributed by atoms with Crippen LogP contribution in [0.25, 0.3) is 17.3 Å². The first-order valence-corrected chi connectivity index (χ1v) is 7.19. The van der Waals surface area contributed by atoms with Crippen molar-refractivity contribution >= 4 is 33.2 Å². The Morgan fingerprint density at radius 1 is 1.24 bits per heavy atom. The lowest BCUT2D eigenvalue weighted by atomic mass is 10.2. The van der Waals surface area contributed by atoms with Gasteiger partial charge in [0, 0.05) is 13.2 Å². The Morgan fingerprint density at radius 3 is 2.62 bits per heavy atom. The molecule has 0 aromatic carbocycles. The van der Waals surface area contributed by atoms with Crippen LogP contribution >= 0.6 is 15.9 Å². The zero-order chi connectivity index (χ0) is 15.1. The molecule has 21 heavy (non-hydrogen) atoms. The molecule has 0 atom stereocenters. The smallest absolute Gasteiger partial charge is 0.217 e. The first-order chi connectivity index (χ1) is 9.95. The van der Waals surface area contributed by atoms with Gasteiger partial charge < -0.3 is 0 Å². The second-order valence-corrected chi connectivity index (χ2v) is 5.56. The SMILES string of the molecule is C/C(=C\c1nc2c(C)ncc(C)n2n1)c1nc(Br)nn1C. The Morgan fingerprint density at radius 2 is 2.00 bits per heavy atom. The van der Waals surface area contributed by atoms with Gasteiger partial charge in [-0.25, -0.2) is 19.2 Å². The van der Waals surface area contributed by atoms with Crippen molar-refractivity contribution < 1.29 is 0 Å². The molecule has 8 heteroatoms. The first-order valence-electron chi connectivity index (χ1n) is 6.40. The second kappa shape index (κ2) is 5.03. The van der Waals surface area contributed by atoms with Crippen molar-refractivity contribution in [1.29, 1.82) is 0 Å². The molecule has 3 heterocycles. The number of rotatable bonds is 2. The third-order valence-corrected chi connectivity index (χ3v) is 3.50. The summed E-state index contributed by atoms with van der Waals surface area (Å²) < 4.78 is 4.07. The van der Waals surface area contributed by atoms with Gasteiger partial charge >= 0.3 is 0 Å². The highest BCUT2D eigenvalue weighted by atomic mass is 79.9. The summed E-state index contributed by atoms with van der Waals surface area (Å²) >= 11 is 3.27. The van der Waals surface area contributed by atoms with Gasteiger partial charge in [0.25, 0.3) is 0 Å². The molecule has 0 aliphatic carbocycles. The molecule has 0 aliphatic rings. The van der Waals surface area contributed by atoms with Gasteiger partial charge in [0.15, 0.2) is 17.3 Å². The van der Waals surface area contributed by atoms with E-state index in [0.717, 1.165) is 28.4 Å². The highest BCUT2D eigenvalue weighted by Gasteiger charge is 2.10. The molecular weight excluding hydrogens is 334 g/mol. The number of halogens is 1. The Bertz CT molecular complexity index is 820. The molecule has 3 rings (SSSR count). The normalized spacial score (nSPS) is 12.3. The quantitative estimate of drug-likeness (QED) is 0.710. The predicted octanol–water partition coefficient (Wildman–Crippen LogP) is 2.19. The monoisotopic (exact) mass is 347 g/mol. The number of nitrogens with zero attached hydrogens (tertiary/aromatic N) is 7. The number of fused-ring (bicyclic) bond motifs is 1. The Kier molecular flexibility index (Phi) is 3.32. The van der Waals surface area contributed by atoms with Crippen molar-refractivity contribution in [2.45, 2.75) is 20.8 Å². The van der Waals surface area contributed by atoms with Gasteiger partial charge in [-0.15, -0.1) is 10.2 Å². The molecule has 0 radical (unpaired) electrons. The molecule has 3 aromatic heterocycles. The molecule has 3 aromatic rings. The fourth-order valence-electron chi connectivity index (χ4n) is 2.13. The maximum absolute atomic E-state index is 4.52. The van der Waals surface area contributed by atoms with Crippen LogP contribution < -0.4 is 0 Å². The molecule has 0 bridgehead atoms. The summed E-state index contributed by atoms with van der Waals surface area (Å²) in [6.45, 7) is 5.83. The third kappa shape index (κ3) is 2.46. The molecule has 0 fully saturated rings. The molecular formula is C13H14BrN7. The van der Waals surface area contributed by atoms with Crippen molar-refractivity contribution in [2.75, 3.05) is 0 Å². The molecule has 0 saturated heterocycles.